The van der Waals surface area contributed by atoms with Gasteiger partial charge in [-0.15, -0.1) is 0 Å². The molecule has 4 rings (SSSR count). The van der Waals surface area contributed by atoms with Crippen molar-refractivity contribution in [1.29, 1.82) is 5.26 Å². The number of nitrogens with one attached hydrogen (secondary N) is 1. The van der Waals surface area contributed by atoms with Crippen LogP contribution in [0.1, 0.15) is 28.8 Å². The van der Waals surface area contributed by atoms with Crippen LogP contribution < -0.4 is 4.74 Å². The number of hydrogen-bond acceptors (Lipinski definition) is 4. The number of nitrogens with zero attached hydrogens (tertiary/aromatic N) is 3. The molecule has 5 nitrogen and oxygen atoms in total. The lowest BCUT2D eigenvalue weighted by molar-refractivity contribution is 0.151. The molecule has 2 heterocycles. The minimum absolute atomic E-state index is 0.00733. The zero-order chi connectivity index (χ0) is 21.3. The van der Waals surface area contributed by atoms with Crippen molar-refractivity contribution < 1.29 is 17.9 Å². The summed E-state index contributed by atoms with van der Waals surface area (Å²) < 4.78 is 47.3. The highest BCUT2D eigenvalue weighted by Gasteiger charge is 2.18. The van der Waals surface area contributed by atoms with E-state index < -0.39 is 12.2 Å². The van der Waals surface area contributed by atoms with Crippen molar-refractivity contribution in [2.75, 3.05) is 0 Å². The number of ether oxygens (including phenoxy) is 1. The van der Waals surface area contributed by atoms with Gasteiger partial charge in [-0.2, -0.15) is 10.4 Å². The number of rotatable bonds is 5. The predicted molar refractivity (Wildman–Crippen MR) is 107 cm³/mol. The molecule has 0 unspecified atom stereocenters. The highest BCUT2D eigenvalue weighted by Crippen LogP contribution is 2.36. The second-order valence-corrected chi connectivity index (χ2v) is 7.28. The fraction of sp³-hybridized carbons (Fsp3) is 0.0952. The van der Waals surface area contributed by atoms with E-state index in [9.17, 15) is 8.78 Å². The molecule has 0 atom stereocenters. The number of halogens is 4. The number of alkyl halides is 2. The number of H-pyrrole nitrogens is 1. The lowest BCUT2D eigenvalue weighted by Crippen LogP contribution is -1.99. The summed E-state index contributed by atoms with van der Waals surface area (Å²) in [5.74, 6) is -0.878. The van der Waals surface area contributed by atoms with E-state index in [1.165, 1.54) is 6.07 Å². The molecule has 0 aliphatic carbocycles. The first kappa shape index (κ1) is 19.9. The first-order valence-electron chi connectivity index (χ1n) is 8.71. The van der Waals surface area contributed by atoms with E-state index in [0.717, 1.165) is 23.0 Å². The number of aromatic nitrogens is 3. The molecule has 2 aromatic carbocycles. The predicted octanol–water partition coefficient (Wildman–Crippen LogP) is 6.05. The van der Waals surface area contributed by atoms with Gasteiger partial charge in [-0.05, 0) is 51.8 Å². The van der Waals surface area contributed by atoms with Crippen molar-refractivity contribution >= 4 is 26.8 Å². The Morgan fingerprint density at radius 2 is 2.03 bits per heavy atom. The smallest absolute Gasteiger partial charge is 0.264 e. The van der Waals surface area contributed by atoms with E-state index in [0.29, 0.717) is 15.7 Å². The van der Waals surface area contributed by atoms with Crippen LogP contribution in [0.25, 0.3) is 10.9 Å². The molecule has 0 radical (unpaired) electrons. The molecule has 0 bridgehead atoms. The summed E-state index contributed by atoms with van der Waals surface area (Å²) in [4.78, 5) is 4.01. The van der Waals surface area contributed by atoms with Crippen LogP contribution in [0, 0.1) is 17.1 Å². The molecule has 0 saturated heterocycles. The first-order valence-corrected chi connectivity index (χ1v) is 9.50. The van der Waals surface area contributed by atoms with Gasteiger partial charge in [0.2, 0.25) is 0 Å². The monoisotopic (exact) mass is 472 g/mol. The maximum absolute atomic E-state index is 15.2. The van der Waals surface area contributed by atoms with Crippen molar-refractivity contribution in [2.45, 2.75) is 12.8 Å². The molecule has 0 spiro atoms. The molecule has 0 fully saturated rings. The quantitative estimate of drug-likeness (QED) is 0.383. The summed E-state index contributed by atoms with van der Waals surface area (Å²) in [6.07, 6.45) is 0.639. The lowest BCUT2D eigenvalue weighted by Gasteiger charge is -2.13. The number of benzene rings is 2. The molecule has 0 aliphatic heterocycles. The molecule has 9 heteroatoms. The Morgan fingerprint density at radius 1 is 1.20 bits per heavy atom. The number of fused-ring (bicyclic) bond motifs is 1. The summed E-state index contributed by atoms with van der Waals surface area (Å²) >= 11 is 3.23. The summed E-state index contributed by atoms with van der Waals surface area (Å²) in [6, 6.07) is 10.2. The molecule has 0 aliphatic rings. The van der Waals surface area contributed by atoms with Crippen molar-refractivity contribution in [2.24, 2.45) is 0 Å². The van der Waals surface area contributed by atoms with Crippen LogP contribution >= 0.6 is 15.9 Å². The minimum atomic E-state index is -2.79. The van der Waals surface area contributed by atoms with Crippen LogP contribution in [0.4, 0.5) is 13.2 Å². The van der Waals surface area contributed by atoms with Gasteiger partial charge in [0.1, 0.15) is 5.75 Å². The van der Waals surface area contributed by atoms with Crippen LogP contribution in [0.15, 0.2) is 53.3 Å². The first-order chi connectivity index (χ1) is 14.5. The highest BCUT2D eigenvalue weighted by molar-refractivity contribution is 9.10. The second kappa shape index (κ2) is 8.16. The van der Waals surface area contributed by atoms with E-state index in [1.807, 2.05) is 0 Å². The van der Waals surface area contributed by atoms with E-state index in [2.05, 4.69) is 31.1 Å². The van der Waals surface area contributed by atoms with Crippen molar-refractivity contribution in [3.05, 3.63) is 81.5 Å². The third kappa shape index (κ3) is 3.86. The zero-order valence-electron chi connectivity index (χ0n) is 15.2. The molecule has 0 saturated carbocycles. The number of pyridine rings is 1. The van der Waals surface area contributed by atoms with Gasteiger partial charge in [-0.3, -0.25) is 10.1 Å². The number of aromatic amines is 1. The SMILES string of the molecule is N#Cc1cc(Oc2c(Br)ccc(Cc3n[nH]c4cnccc34)c2F)cc(C(F)F)c1. The fourth-order valence-electron chi connectivity index (χ4n) is 3.03. The Hall–Kier alpha value is -3.38. The fourth-order valence-corrected chi connectivity index (χ4v) is 3.42. The average Bonchev–Trinajstić information content (AvgIpc) is 3.15. The minimum Gasteiger partial charge on any atom is -0.453 e. The van der Waals surface area contributed by atoms with Gasteiger partial charge in [-0.1, -0.05) is 6.07 Å². The van der Waals surface area contributed by atoms with E-state index in [1.54, 1.807) is 36.7 Å². The maximum Gasteiger partial charge on any atom is 0.264 e. The Labute approximate surface area is 177 Å². The maximum atomic E-state index is 15.2. The molecule has 0 amide bonds. The van der Waals surface area contributed by atoms with Crippen molar-refractivity contribution in [1.82, 2.24) is 15.2 Å². The summed E-state index contributed by atoms with van der Waals surface area (Å²) in [6.45, 7) is 0. The van der Waals surface area contributed by atoms with E-state index >= 15 is 4.39 Å². The molecule has 150 valence electrons. The molecule has 2 aromatic heterocycles. The topological polar surface area (TPSA) is 74.6 Å². The van der Waals surface area contributed by atoms with Gasteiger partial charge in [0, 0.05) is 23.6 Å². The Morgan fingerprint density at radius 3 is 2.80 bits per heavy atom. The Balaban J connectivity index is 1.70. The molecular weight excluding hydrogens is 461 g/mol. The Kier molecular flexibility index (Phi) is 5.42. The molecule has 4 aromatic rings. The summed E-state index contributed by atoms with van der Waals surface area (Å²) in [5, 5.41) is 17.0. The summed E-state index contributed by atoms with van der Waals surface area (Å²) in [5.41, 5.74) is 1.28. The van der Waals surface area contributed by atoms with Gasteiger partial charge in [0.25, 0.3) is 6.43 Å². The van der Waals surface area contributed by atoms with Crippen LogP contribution in [-0.2, 0) is 6.42 Å². The van der Waals surface area contributed by atoms with Gasteiger partial charge >= 0.3 is 0 Å². The van der Waals surface area contributed by atoms with E-state index in [4.69, 9.17) is 10.00 Å². The normalized spacial score (nSPS) is 11.1. The molecule has 1 N–H and O–H groups in total. The number of hydrogen-bond donors (Lipinski definition) is 1. The third-order valence-electron chi connectivity index (χ3n) is 4.46. The molecular formula is C21H12BrF3N4O. The lowest BCUT2D eigenvalue weighted by atomic mass is 10.1. The Bertz CT molecular complexity index is 1280. The summed E-state index contributed by atoms with van der Waals surface area (Å²) in [7, 11) is 0. The van der Waals surface area contributed by atoms with Crippen LogP contribution in [0.2, 0.25) is 0 Å². The highest BCUT2D eigenvalue weighted by atomic mass is 79.9. The third-order valence-corrected chi connectivity index (χ3v) is 5.08. The zero-order valence-corrected chi connectivity index (χ0v) is 16.8. The van der Waals surface area contributed by atoms with Crippen molar-refractivity contribution in [3.63, 3.8) is 0 Å². The van der Waals surface area contributed by atoms with Gasteiger partial charge in [0.15, 0.2) is 11.6 Å². The van der Waals surface area contributed by atoms with Gasteiger partial charge < -0.3 is 4.74 Å². The van der Waals surface area contributed by atoms with Gasteiger partial charge in [0.05, 0.1) is 33.5 Å². The van der Waals surface area contributed by atoms with Crippen LogP contribution in [0.5, 0.6) is 11.5 Å². The average molecular weight is 473 g/mol. The van der Waals surface area contributed by atoms with Gasteiger partial charge in [-0.25, -0.2) is 13.2 Å². The largest absolute Gasteiger partial charge is 0.453 e. The second-order valence-electron chi connectivity index (χ2n) is 6.42. The van der Waals surface area contributed by atoms with Crippen molar-refractivity contribution in [3.8, 4) is 17.6 Å². The molecule has 30 heavy (non-hydrogen) atoms. The van der Waals surface area contributed by atoms with Crippen LogP contribution in [0.3, 0.4) is 0 Å². The van der Waals surface area contributed by atoms with E-state index in [-0.39, 0.29) is 29.0 Å². The van der Waals surface area contributed by atoms with Crippen LogP contribution in [-0.4, -0.2) is 15.2 Å². The number of nitriles is 1. The standard InChI is InChI=1S/C21H12BrF3N4O/c22-16-2-1-12(8-17-15-3-4-27-10-18(15)29-28-17)19(23)20(16)30-14-6-11(9-26)5-13(7-14)21(24)25/h1-7,10,21H,8H2,(H,28,29).